The van der Waals surface area contributed by atoms with E-state index in [1.54, 1.807) is 17.9 Å². The molecule has 0 saturated heterocycles. The first kappa shape index (κ1) is 23.0. The van der Waals surface area contributed by atoms with Crippen molar-refractivity contribution < 1.29 is 9.59 Å². The summed E-state index contributed by atoms with van der Waals surface area (Å²) in [5.74, 6) is -0.178. The van der Waals surface area contributed by atoms with Crippen LogP contribution in [-0.4, -0.2) is 28.8 Å². The van der Waals surface area contributed by atoms with Crippen molar-refractivity contribution in [3.05, 3.63) is 70.2 Å². The Morgan fingerprint density at radius 1 is 1.07 bits per heavy atom. The zero-order chi connectivity index (χ0) is 21.4. The Balaban J connectivity index is 2.14. The highest BCUT2D eigenvalue weighted by molar-refractivity contribution is 6.30. The molecule has 4 nitrogen and oxygen atoms in total. The highest BCUT2D eigenvalue weighted by Crippen LogP contribution is 2.16. The fourth-order valence-electron chi connectivity index (χ4n) is 3.03. The number of aryl methyl sites for hydroxylation is 2. The number of halogens is 1. The molecule has 0 fully saturated rings. The quantitative estimate of drug-likeness (QED) is 0.633. The summed E-state index contributed by atoms with van der Waals surface area (Å²) in [4.78, 5) is 27.4. The molecule has 5 heteroatoms. The van der Waals surface area contributed by atoms with Crippen molar-refractivity contribution in [1.29, 1.82) is 0 Å². The van der Waals surface area contributed by atoms with Crippen LogP contribution in [0.3, 0.4) is 0 Å². The minimum Gasteiger partial charge on any atom is -0.352 e. The normalized spacial score (nSPS) is 12.9. The van der Waals surface area contributed by atoms with Gasteiger partial charge in [0.1, 0.15) is 6.04 Å². The Bertz CT molecular complexity index is 820. The van der Waals surface area contributed by atoms with Crippen molar-refractivity contribution in [1.82, 2.24) is 10.2 Å². The van der Waals surface area contributed by atoms with Gasteiger partial charge in [-0.05, 0) is 56.9 Å². The summed E-state index contributed by atoms with van der Waals surface area (Å²) < 4.78 is 0. The van der Waals surface area contributed by atoms with E-state index in [4.69, 9.17) is 11.6 Å². The number of hydrogen-bond acceptors (Lipinski definition) is 2. The Kier molecular flexibility index (Phi) is 8.71. The molecule has 1 N–H and O–H groups in total. The van der Waals surface area contributed by atoms with Gasteiger partial charge in [-0.3, -0.25) is 9.59 Å². The SMILES string of the molecule is CC[C@H](C)NC(=O)[C@H](C)N(Cc1cccc(Cl)c1)C(=O)CCc1ccc(C)cc1. The monoisotopic (exact) mass is 414 g/mol. The Labute approximate surface area is 179 Å². The smallest absolute Gasteiger partial charge is 0.242 e. The Morgan fingerprint density at radius 2 is 1.76 bits per heavy atom. The minimum atomic E-state index is -0.562. The van der Waals surface area contributed by atoms with Crippen LogP contribution in [0.1, 0.15) is 50.3 Å². The second-order valence-electron chi connectivity index (χ2n) is 7.63. The van der Waals surface area contributed by atoms with Crippen LogP contribution in [0.5, 0.6) is 0 Å². The summed E-state index contributed by atoms with van der Waals surface area (Å²) >= 11 is 6.11. The van der Waals surface area contributed by atoms with Crippen LogP contribution in [0.2, 0.25) is 5.02 Å². The summed E-state index contributed by atoms with van der Waals surface area (Å²) in [5.41, 5.74) is 3.21. The van der Waals surface area contributed by atoms with Gasteiger partial charge in [0.05, 0.1) is 0 Å². The van der Waals surface area contributed by atoms with Crippen LogP contribution < -0.4 is 5.32 Å². The number of hydrogen-bond donors (Lipinski definition) is 1. The average Bonchev–Trinajstić information content (AvgIpc) is 2.70. The molecule has 2 aromatic carbocycles. The summed E-state index contributed by atoms with van der Waals surface area (Å²) in [7, 11) is 0. The van der Waals surface area contributed by atoms with E-state index >= 15 is 0 Å². The topological polar surface area (TPSA) is 49.4 Å². The van der Waals surface area contributed by atoms with E-state index in [0.717, 1.165) is 17.5 Å². The first-order valence-corrected chi connectivity index (χ1v) is 10.6. The van der Waals surface area contributed by atoms with Gasteiger partial charge in [0.25, 0.3) is 0 Å². The van der Waals surface area contributed by atoms with Crippen LogP contribution >= 0.6 is 11.6 Å². The lowest BCUT2D eigenvalue weighted by Gasteiger charge is -2.30. The van der Waals surface area contributed by atoms with Gasteiger partial charge in [0.15, 0.2) is 0 Å². The fraction of sp³-hybridized carbons (Fsp3) is 0.417. The van der Waals surface area contributed by atoms with E-state index in [2.05, 4.69) is 5.32 Å². The summed E-state index contributed by atoms with van der Waals surface area (Å²) in [6.45, 7) is 8.16. The molecule has 2 aromatic rings. The number of amides is 2. The number of carbonyl (C=O) groups excluding carboxylic acids is 2. The lowest BCUT2D eigenvalue weighted by molar-refractivity contribution is -0.140. The minimum absolute atomic E-state index is 0.0441. The molecule has 0 aromatic heterocycles. The highest BCUT2D eigenvalue weighted by Gasteiger charge is 2.26. The zero-order valence-corrected chi connectivity index (χ0v) is 18.5. The van der Waals surface area contributed by atoms with Gasteiger partial charge in [-0.15, -0.1) is 0 Å². The maximum Gasteiger partial charge on any atom is 0.242 e. The van der Waals surface area contributed by atoms with Crippen molar-refractivity contribution in [3.63, 3.8) is 0 Å². The lowest BCUT2D eigenvalue weighted by Crippen LogP contribution is -2.49. The summed E-state index contributed by atoms with van der Waals surface area (Å²) in [5, 5.41) is 3.60. The van der Waals surface area contributed by atoms with Crippen LogP contribution in [0.15, 0.2) is 48.5 Å². The van der Waals surface area contributed by atoms with E-state index in [-0.39, 0.29) is 17.9 Å². The van der Waals surface area contributed by atoms with E-state index in [9.17, 15) is 9.59 Å². The van der Waals surface area contributed by atoms with Gasteiger partial charge < -0.3 is 10.2 Å². The van der Waals surface area contributed by atoms with Gasteiger partial charge in [-0.1, -0.05) is 60.5 Å². The number of rotatable bonds is 9. The van der Waals surface area contributed by atoms with Gasteiger partial charge in [0.2, 0.25) is 11.8 Å². The van der Waals surface area contributed by atoms with E-state index < -0.39 is 6.04 Å². The average molecular weight is 415 g/mol. The van der Waals surface area contributed by atoms with Crippen molar-refractivity contribution in [2.75, 3.05) is 0 Å². The number of nitrogens with zero attached hydrogens (tertiary/aromatic N) is 1. The van der Waals surface area contributed by atoms with Crippen LogP contribution in [-0.2, 0) is 22.6 Å². The molecule has 0 spiro atoms. The molecule has 29 heavy (non-hydrogen) atoms. The van der Waals surface area contributed by atoms with Crippen LogP contribution in [0.25, 0.3) is 0 Å². The molecule has 0 saturated carbocycles. The standard InChI is InChI=1S/C24H31ClN2O2/c1-5-18(3)26-24(29)19(4)27(16-21-7-6-8-22(25)15-21)23(28)14-13-20-11-9-17(2)10-12-20/h6-12,15,18-19H,5,13-14,16H2,1-4H3,(H,26,29)/t18-,19-/m0/s1. The molecule has 0 aliphatic carbocycles. The first-order valence-electron chi connectivity index (χ1n) is 10.2. The van der Waals surface area contributed by atoms with E-state index in [1.807, 2.05) is 63.2 Å². The maximum absolute atomic E-state index is 13.1. The van der Waals surface area contributed by atoms with E-state index in [0.29, 0.717) is 24.4 Å². The fourth-order valence-corrected chi connectivity index (χ4v) is 3.24. The van der Waals surface area contributed by atoms with Crippen LogP contribution in [0.4, 0.5) is 0 Å². The van der Waals surface area contributed by atoms with Crippen LogP contribution in [0, 0.1) is 6.92 Å². The molecule has 156 valence electrons. The Hall–Kier alpha value is -2.33. The zero-order valence-electron chi connectivity index (χ0n) is 17.7. The molecule has 0 bridgehead atoms. The Morgan fingerprint density at radius 3 is 2.38 bits per heavy atom. The van der Waals surface area contributed by atoms with Gasteiger partial charge in [-0.25, -0.2) is 0 Å². The summed E-state index contributed by atoms with van der Waals surface area (Å²) in [6.07, 6.45) is 1.84. The second kappa shape index (κ2) is 11.0. The third-order valence-electron chi connectivity index (χ3n) is 5.16. The molecule has 0 aliphatic rings. The number of nitrogens with one attached hydrogen (secondary N) is 1. The van der Waals surface area contributed by atoms with E-state index in [1.165, 1.54) is 5.56 Å². The third-order valence-corrected chi connectivity index (χ3v) is 5.39. The predicted octanol–water partition coefficient (Wildman–Crippen LogP) is 4.91. The lowest BCUT2D eigenvalue weighted by atomic mass is 10.1. The molecular weight excluding hydrogens is 384 g/mol. The van der Waals surface area contributed by atoms with Gasteiger partial charge in [-0.2, -0.15) is 0 Å². The first-order chi connectivity index (χ1) is 13.8. The van der Waals surface area contributed by atoms with Crippen molar-refractivity contribution >= 4 is 23.4 Å². The molecule has 0 heterocycles. The maximum atomic E-state index is 13.1. The predicted molar refractivity (Wildman–Crippen MR) is 119 cm³/mol. The summed E-state index contributed by atoms with van der Waals surface area (Å²) in [6, 6.07) is 15.1. The molecule has 0 radical (unpaired) electrons. The van der Waals surface area contributed by atoms with Gasteiger partial charge in [0, 0.05) is 24.0 Å². The number of carbonyl (C=O) groups is 2. The molecule has 2 rings (SSSR count). The molecule has 2 amide bonds. The van der Waals surface area contributed by atoms with Crippen molar-refractivity contribution in [2.24, 2.45) is 0 Å². The van der Waals surface area contributed by atoms with Crippen molar-refractivity contribution in [3.8, 4) is 0 Å². The molecule has 0 unspecified atom stereocenters. The highest BCUT2D eigenvalue weighted by atomic mass is 35.5. The molecular formula is C24H31ClN2O2. The van der Waals surface area contributed by atoms with Crippen molar-refractivity contribution in [2.45, 2.75) is 65.6 Å². The third kappa shape index (κ3) is 7.21. The van der Waals surface area contributed by atoms with Gasteiger partial charge >= 0.3 is 0 Å². The molecule has 0 aliphatic heterocycles. The largest absolute Gasteiger partial charge is 0.352 e. The number of benzene rings is 2. The molecule has 2 atom stereocenters. The second-order valence-corrected chi connectivity index (χ2v) is 8.07.